The third-order valence-electron chi connectivity index (χ3n) is 3.27. The maximum absolute atomic E-state index is 12.1. The summed E-state index contributed by atoms with van der Waals surface area (Å²) in [7, 11) is 0. The largest absolute Gasteiger partial charge is 0.466 e. The number of H-pyrrole nitrogens is 1. The first-order valence-electron chi connectivity index (χ1n) is 7.00. The molecule has 3 rings (SSSR count). The van der Waals surface area contributed by atoms with E-state index in [-0.39, 0.29) is 12.0 Å². The standard InChI is InChI=1S/C16H15N3O3/c1-2-22-15(21)9-12-8-14(20)19-16(18-12)13(10-17-19)11-6-4-3-5-7-11/h3-8,10,17H,2,9H2,1H3. The van der Waals surface area contributed by atoms with Gasteiger partial charge in [0.2, 0.25) is 0 Å². The first kappa shape index (κ1) is 14.1. The van der Waals surface area contributed by atoms with Gasteiger partial charge in [0.25, 0.3) is 5.56 Å². The number of ether oxygens (including phenoxy) is 1. The molecule has 0 aliphatic carbocycles. The zero-order chi connectivity index (χ0) is 15.5. The Bertz CT molecular complexity index is 865. The number of hydrogen-bond donors (Lipinski definition) is 1. The maximum Gasteiger partial charge on any atom is 0.311 e. The topological polar surface area (TPSA) is 76.5 Å². The molecule has 0 spiro atoms. The van der Waals surface area contributed by atoms with Crippen molar-refractivity contribution in [3.8, 4) is 11.1 Å². The molecule has 0 aliphatic rings. The van der Waals surface area contributed by atoms with E-state index in [2.05, 4.69) is 10.1 Å². The van der Waals surface area contributed by atoms with E-state index in [1.165, 1.54) is 10.6 Å². The molecule has 0 bridgehead atoms. The zero-order valence-electron chi connectivity index (χ0n) is 12.1. The molecule has 112 valence electrons. The van der Waals surface area contributed by atoms with Crippen LogP contribution in [0.15, 0.2) is 47.4 Å². The van der Waals surface area contributed by atoms with Crippen molar-refractivity contribution in [2.24, 2.45) is 0 Å². The van der Waals surface area contributed by atoms with Crippen molar-refractivity contribution in [2.45, 2.75) is 13.3 Å². The monoisotopic (exact) mass is 297 g/mol. The molecule has 0 radical (unpaired) electrons. The van der Waals surface area contributed by atoms with Crippen molar-refractivity contribution < 1.29 is 9.53 Å². The molecule has 1 N–H and O–H groups in total. The van der Waals surface area contributed by atoms with E-state index in [0.29, 0.717) is 17.9 Å². The highest BCUT2D eigenvalue weighted by Gasteiger charge is 2.13. The Morgan fingerprint density at radius 1 is 1.32 bits per heavy atom. The second kappa shape index (κ2) is 5.85. The number of nitrogens with zero attached hydrogens (tertiary/aromatic N) is 2. The molecular formula is C16H15N3O3. The quantitative estimate of drug-likeness (QED) is 0.745. The molecule has 6 heteroatoms. The minimum atomic E-state index is -0.393. The van der Waals surface area contributed by atoms with Gasteiger partial charge < -0.3 is 4.74 Å². The van der Waals surface area contributed by atoms with Gasteiger partial charge in [0.05, 0.1) is 18.7 Å². The van der Waals surface area contributed by atoms with Gasteiger partial charge in [-0.25, -0.2) is 9.50 Å². The number of carbonyl (C=O) groups is 1. The highest BCUT2D eigenvalue weighted by Crippen LogP contribution is 2.22. The van der Waals surface area contributed by atoms with Gasteiger partial charge in [0.1, 0.15) is 0 Å². The molecule has 2 heterocycles. The Balaban J connectivity index is 2.08. The third kappa shape index (κ3) is 2.63. The number of hydrogen-bond acceptors (Lipinski definition) is 4. The summed E-state index contributed by atoms with van der Waals surface area (Å²) in [6.45, 7) is 2.04. The molecule has 2 aromatic heterocycles. The highest BCUT2D eigenvalue weighted by molar-refractivity contribution is 5.77. The second-order valence-electron chi connectivity index (χ2n) is 4.78. The Morgan fingerprint density at radius 3 is 2.82 bits per heavy atom. The number of aromatic amines is 1. The van der Waals surface area contributed by atoms with Crippen LogP contribution >= 0.6 is 0 Å². The van der Waals surface area contributed by atoms with E-state index in [4.69, 9.17) is 4.74 Å². The van der Waals surface area contributed by atoms with Gasteiger partial charge in [0, 0.05) is 17.8 Å². The molecule has 6 nitrogen and oxygen atoms in total. The van der Waals surface area contributed by atoms with E-state index in [1.807, 2.05) is 30.3 Å². The van der Waals surface area contributed by atoms with Crippen LogP contribution in [0.5, 0.6) is 0 Å². The summed E-state index contributed by atoms with van der Waals surface area (Å²) in [5.74, 6) is -0.393. The predicted octanol–water partition coefficient (Wildman–Crippen LogP) is 1.80. The van der Waals surface area contributed by atoms with Gasteiger partial charge in [-0.05, 0) is 12.5 Å². The Hall–Kier alpha value is -2.89. The van der Waals surface area contributed by atoms with Crippen LogP contribution in [0.2, 0.25) is 0 Å². The number of rotatable bonds is 4. The fraction of sp³-hybridized carbons (Fsp3) is 0.188. The van der Waals surface area contributed by atoms with Gasteiger partial charge in [-0.1, -0.05) is 30.3 Å². The number of carbonyl (C=O) groups excluding carboxylic acids is 1. The van der Waals surface area contributed by atoms with Gasteiger partial charge in [-0.3, -0.25) is 14.7 Å². The van der Waals surface area contributed by atoms with E-state index >= 15 is 0 Å². The molecule has 0 unspecified atom stereocenters. The normalized spacial score (nSPS) is 10.8. The lowest BCUT2D eigenvalue weighted by molar-refractivity contribution is -0.142. The SMILES string of the molecule is CCOC(=O)Cc1cc(=O)n2[nH]cc(-c3ccccc3)c2n1. The summed E-state index contributed by atoms with van der Waals surface area (Å²) in [6, 6.07) is 11.0. The smallest absolute Gasteiger partial charge is 0.311 e. The number of nitrogens with one attached hydrogen (secondary N) is 1. The third-order valence-corrected chi connectivity index (χ3v) is 3.27. The van der Waals surface area contributed by atoms with E-state index in [1.54, 1.807) is 13.1 Å². The van der Waals surface area contributed by atoms with Crippen molar-refractivity contribution in [1.82, 2.24) is 14.6 Å². The summed E-state index contributed by atoms with van der Waals surface area (Å²) in [5, 5.41) is 2.89. The molecule has 0 amide bonds. The lowest BCUT2D eigenvalue weighted by atomic mass is 10.1. The summed E-state index contributed by atoms with van der Waals surface area (Å²) in [4.78, 5) is 28.1. The van der Waals surface area contributed by atoms with Crippen molar-refractivity contribution in [2.75, 3.05) is 6.61 Å². The molecule has 0 fully saturated rings. The van der Waals surface area contributed by atoms with Crippen LogP contribution in [0.3, 0.4) is 0 Å². The summed E-state index contributed by atoms with van der Waals surface area (Å²) in [5.41, 5.74) is 2.40. The van der Waals surface area contributed by atoms with Crippen LogP contribution < -0.4 is 5.56 Å². The molecule has 0 saturated carbocycles. The van der Waals surface area contributed by atoms with Gasteiger partial charge >= 0.3 is 5.97 Å². The number of aromatic nitrogens is 3. The van der Waals surface area contributed by atoms with Crippen molar-refractivity contribution in [3.05, 3.63) is 58.6 Å². The molecule has 0 atom stereocenters. The molecule has 22 heavy (non-hydrogen) atoms. The molecule has 0 aliphatic heterocycles. The highest BCUT2D eigenvalue weighted by atomic mass is 16.5. The Labute approximate surface area is 126 Å². The van der Waals surface area contributed by atoms with Gasteiger partial charge in [-0.15, -0.1) is 0 Å². The number of fused-ring (bicyclic) bond motifs is 1. The summed E-state index contributed by atoms with van der Waals surface area (Å²) >= 11 is 0. The van der Waals surface area contributed by atoms with Crippen LogP contribution in [0.4, 0.5) is 0 Å². The lowest BCUT2D eigenvalue weighted by Crippen LogP contribution is -2.18. The molecule has 3 aromatic rings. The van der Waals surface area contributed by atoms with Crippen LogP contribution in [-0.2, 0) is 16.0 Å². The van der Waals surface area contributed by atoms with Crippen LogP contribution in [0, 0.1) is 0 Å². The van der Waals surface area contributed by atoms with Crippen molar-refractivity contribution in [1.29, 1.82) is 0 Å². The number of esters is 1. The first-order valence-corrected chi connectivity index (χ1v) is 7.00. The lowest BCUT2D eigenvalue weighted by Gasteiger charge is -2.03. The van der Waals surface area contributed by atoms with Crippen LogP contribution in [0.25, 0.3) is 16.8 Å². The average molecular weight is 297 g/mol. The minimum Gasteiger partial charge on any atom is -0.466 e. The zero-order valence-corrected chi connectivity index (χ0v) is 12.1. The van der Waals surface area contributed by atoms with E-state index in [0.717, 1.165) is 11.1 Å². The first-order chi connectivity index (χ1) is 10.7. The van der Waals surface area contributed by atoms with Gasteiger partial charge in [0.15, 0.2) is 5.65 Å². The van der Waals surface area contributed by atoms with E-state index in [9.17, 15) is 9.59 Å². The van der Waals surface area contributed by atoms with Crippen molar-refractivity contribution >= 4 is 11.6 Å². The Morgan fingerprint density at radius 2 is 2.09 bits per heavy atom. The molecule has 1 aromatic carbocycles. The fourth-order valence-electron chi connectivity index (χ4n) is 2.31. The second-order valence-corrected chi connectivity index (χ2v) is 4.78. The minimum absolute atomic E-state index is 0.0149. The average Bonchev–Trinajstić information content (AvgIpc) is 2.92. The Kier molecular flexibility index (Phi) is 3.74. The van der Waals surface area contributed by atoms with Gasteiger partial charge in [-0.2, -0.15) is 0 Å². The van der Waals surface area contributed by atoms with E-state index < -0.39 is 5.97 Å². The number of benzene rings is 1. The molecular weight excluding hydrogens is 282 g/mol. The van der Waals surface area contributed by atoms with Crippen molar-refractivity contribution in [3.63, 3.8) is 0 Å². The summed E-state index contributed by atoms with van der Waals surface area (Å²) < 4.78 is 6.26. The fourth-order valence-corrected chi connectivity index (χ4v) is 2.31. The summed E-state index contributed by atoms with van der Waals surface area (Å²) in [6.07, 6.45) is 1.71. The van der Waals surface area contributed by atoms with Crippen LogP contribution in [0.1, 0.15) is 12.6 Å². The molecule has 0 saturated heterocycles. The maximum atomic E-state index is 12.1. The predicted molar refractivity (Wildman–Crippen MR) is 81.6 cm³/mol. The van der Waals surface area contributed by atoms with Crippen LogP contribution in [-0.4, -0.2) is 27.2 Å².